The summed E-state index contributed by atoms with van der Waals surface area (Å²) in [6.07, 6.45) is 1.75. The molecule has 2 aromatic heterocycles. The Bertz CT molecular complexity index is 690. The minimum Gasteiger partial charge on any atom is -0.518 e. The molecule has 0 aliphatic carbocycles. The van der Waals surface area contributed by atoms with Crippen molar-refractivity contribution in [2.45, 2.75) is 6.92 Å². The number of benzene rings is 1. The van der Waals surface area contributed by atoms with Crippen LogP contribution in [0.2, 0.25) is 0 Å². The van der Waals surface area contributed by atoms with Crippen molar-refractivity contribution in [1.29, 1.82) is 5.26 Å². The van der Waals surface area contributed by atoms with E-state index >= 15 is 0 Å². The minimum atomic E-state index is 0. The van der Waals surface area contributed by atoms with E-state index in [0.717, 1.165) is 22.0 Å². The third-order valence-electron chi connectivity index (χ3n) is 2.24. The van der Waals surface area contributed by atoms with Gasteiger partial charge in [0.05, 0.1) is 11.8 Å². The van der Waals surface area contributed by atoms with Gasteiger partial charge in [0.1, 0.15) is 0 Å². The van der Waals surface area contributed by atoms with Crippen molar-refractivity contribution in [3.05, 3.63) is 64.8 Å². The van der Waals surface area contributed by atoms with E-state index in [-0.39, 0.29) is 20.4 Å². The third kappa shape index (κ3) is 5.84. The molecule has 3 aromatic rings. The predicted molar refractivity (Wildman–Crippen MR) is 78.7 cm³/mol. The van der Waals surface area contributed by atoms with Crippen molar-refractivity contribution in [2.75, 3.05) is 0 Å². The Kier molecular flexibility index (Phi) is 9.87. The number of pyridine rings is 1. The number of furan rings is 1. The largest absolute Gasteiger partial charge is 0.518 e. The zero-order valence-corrected chi connectivity index (χ0v) is 13.1. The maximum Gasteiger partial charge on any atom is 0.0587 e. The van der Waals surface area contributed by atoms with E-state index in [0.29, 0.717) is 5.76 Å². The Hall–Kier alpha value is -2.54. The number of hydrogen-bond acceptors (Lipinski definition) is 6. The van der Waals surface area contributed by atoms with Crippen molar-refractivity contribution < 1.29 is 24.8 Å². The normalized spacial score (nSPS) is 8.18. The molecule has 0 atom stereocenters. The van der Waals surface area contributed by atoms with Gasteiger partial charge in [-0.3, -0.25) is 0 Å². The average Bonchev–Trinajstić information content (AvgIpc) is 2.94. The SMILES string of the molecule is CC#N.O=N[O-].[Pd].[c-]1c(-c2ccccn2)oc2ccccc12. The molecule has 0 radical (unpaired) electrons. The summed E-state index contributed by atoms with van der Waals surface area (Å²) >= 11 is 0. The first-order valence-electron chi connectivity index (χ1n) is 5.84. The molecular formula is C15H11N3O3Pd-2. The molecule has 7 heteroatoms. The van der Waals surface area contributed by atoms with Gasteiger partial charge in [-0.05, 0) is 6.07 Å². The van der Waals surface area contributed by atoms with Crippen molar-refractivity contribution >= 4 is 11.0 Å². The molecular weight excluding hydrogens is 377 g/mol. The van der Waals surface area contributed by atoms with Crippen molar-refractivity contribution in [3.8, 4) is 17.5 Å². The van der Waals surface area contributed by atoms with E-state index in [9.17, 15) is 0 Å². The van der Waals surface area contributed by atoms with E-state index in [2.05, 4.69) is 11.1 Å². The first kappa shape index (κ1) is 19.5. The van der Waals surface area contributed by atoms with E-state index in [4.69, 9.17) is 19.8 Å². The van der Waals surface area contributed by atoms with Gasteiger partial charge in [0, 0.05) is 44.8 Å². The molecule has 0 N–H and O–H groups in total. The molecule has 2 heterocycles. The summed E-state index contributed by atoms with van der Waals surface area (Å²) in [6.45, 7) is 1.43. The summed E-state index contributed by atoms with van der Waals surface area (Å²) in [5.74, 6) is 0.691. The van der Waals surface area contributed by atoms with Gasteiger partial charge in [-0.25, -0.2) is 0 Å². The van der Waals surface area contributed by atoms with Crippen LogP contribution in [0.4, 0.5) is 0 Å². The van der Waals surface area contributed by atoms with Gasteiger partial charge in [0.15, 0.2) is 0 Å². The van der Waals surface area contributed by atoms with Crippen LogP contribution < -0.4 is 0 Å². The molecule has 0 unspecified atom stereocenters. The predicted octanol–water partition coefficient (Wildman–Crippen LogP) is 4.07. The molecule has 0 fully saturated rings. The van der Waals surface area contributed by atoms with Gasteiger partial charge in [0.2, 0.25) is 0 Å². The number of hydrogen-bond donors (Lipinski definition) is 0. The Morgan fingerprint density at radius 3 is 2.41 bits per heavy atom. The summed E-state index contributed by atoms with van der Waals surface area (Å²) in [5, 5.41) is 17.3. The molecule has 0 saturated carbocycles. The topological polar surface area (TPSA) is 102 Å². The van der Waals surface area contributed by atoms with Crippen LogP contribution in [0, 0.1) is 27.5 Å². The molecule has 0 bridgehead atoms. The van der Waals surface area contributed by atoms with Crippen molar-refractivity contribution in [2.24, 2.45) is 5.34 Å². The fraction of sp³-hybridized carbons (Fsp3) is 0.0667. The second-order valence-corrected chi connectivity index (χ2v) is 3.57. The average molecular weight is 388 g/mol. The molecule has 116 valence electrons. The maximum atomic E-state index is 8.00. The van der Waals surface area contributed by atoms with Crippen LogP contribution in [-0.4, -0.2) is 4.98 Å². The second-order valence-electron chi connectivity index (χ2n) is 3.57. The van der Waals surface area contributed by atoms with Gasteiger partial charge in [0.25, 0.3) is 0 Å². The summed E-state index contributed by atoms with van der Waals surface area (Å²) < 4.78 is 5.64. The van der Waals surface area contributed by atoms with Crippen LogP contribution in [0.5, 0.6) is 0 Å². The molecule has 1 aromatic carbocycles. The molecule has 0 saturated heterocycles. The zero-order chi connectivity index (χ0) is 15.5. The van der Waals surface area contributed by atoms with Gasteiger partial charge >= 0.3 is 0 Å². The van der Waals surface area contributed by atoms with Crippen LogP contribution in [0.1, 0.15) is 6.92 Å². The van der Waals surface area contributed by atoms with Gasteiger partial charge < -0.3 is 19.5 Å². The van der Waals surface area contributed by atoms with Crippen LogP contribution >= 0.6 is 0 Å². The standard InChI is InChI=1S/C13H8NO.C2H3N.HNO2.Pd/c1-2-7-12-10(5-1)9-13(15-12)11-6-3-4-8-14-11;1-2-3;2-1-3;/h1-8H;1H3;(H,2,3);/q-1;;;/p-1. The molecule has 6 nitrogen and oxygen atoms in total. The zero-order valence-electron chi connectivity index (χ0n) is 11.5. The van der Waals surface area contributed by atoms with Crippen LogP contribution in [0.15, 0.2) is 58.4 Å². The maximum absolute atomic E-state index is 8.00. The number of nitriles is 1. The van der Waals surface area contributed by atoms with Crippen LogP contribution in [0.25, 0.3) is 22.4 Å². The first-order chi connectivity index (χ1) is 10.3. The summed E-state index contributed by atoms with van der Waals surface area (Å²) in [6, 6.07) is 18.5. The van der Waals surface area contributed by atoms with E-state index in [1.54, 1.807) is 12.3 Å². The number of para-hydroxylation sites is 1. The van der Waals surface area contributed by atoms with Crippen LogP contribution in [-0.2, 0) is 20.4 Å². The quantitative estimate of drug-likeness (QED) is 0.271. The monoisotopic (exact) mass is 387 g/mol. The van der Waals surface area contributed by atoms with E-state index < -0.39 is 0 Å². The molecule has 22 heavy (non-hydrogen) atoms. The van der Waals surface area contributed by atoms with Crippen molar-refractivity contribution in [3.63, 3.8) is 0 Å². The molecule has 0 spiro atoms. The number of nitrogens with zero attached hydrogens (tertiary/aromatic N) is 3. The number of fused-ring (bicyclic) bond motifs is 1. The summed E-state index contributed by atoms with van der Waals surface area (Å²) in [5.41, 5.74) is 1.66. The fourth-order valence-corrected chi connectivity index (χ4v) is 1.53. The second kappa shape index (κ2) is 11.2. The van der Waals surface area contributed by atoms with Gasteiger partial charge in [-0.2, -0.15) is 5.26 Å². The molecule has 3 rings (SSSR count). The fourth-order valence-electron chi connectivity index (χ4n) is 1.53. The van der Waals surface area contributed by atoms with Crippen LogP contribution in [0.3, 0.4) is 0 Å². The first-order valence-corrected chi connectivity index (χ1v) is 5.84. The summed E-state index contributed by atoms with van der Waals surface area (Å²) in [7, 11) is 0. The van der Waals surface area contributed by atoms with E-state index in [1.807, 2.05) is 42.5 Å². The van der Waals surface area contributed by atoms with Gasteiger partial charge in [-0.1, -0.05) is 30.3 Å². The summed E-state index contributed by atoms with van der Waals surface area (Å²) in [4.78, 5) is 12.2. The number of rotatable bonds is 1. The Morgan fingerprint density at radius 2 is 1.86 bits per heavy atom. The Labute approximate surface area is 141 Å². The molecule has 0 amide bonds. The molecule has 0 aliphatic rings. The molecule has 0 aliphatic heterocycles. The van der Waals surface area contributed by atoms with Crippen molar-refractivity contribution in [1.82, 2.24) is 4.98 Å². The van der Waals surface area contributed by atoms with Gasteiger partial charge in [-0.15, -0.1) is 22.9 Å². The Morgan fingerprint density at radius 1 is 1.27 bits per heavy atom. The smallest absolute Gasteiger partial charge is 0.0587 e. The third-order valence-corrected chi connectivity index (χ3v) is 2.24. The Balaban J connectivity index is 0.000000554. The number of aromatic nitrogens is 1. The van der Waals surface area contributed by atoms with E-state index in [1.165, 1.54) is 6.92 Å². The minimum absolute atomic E-state index is 0.